The van der Waals surface area contributed by atoms with Gasteiger partial charge in [0.1, 0.15) is 41.4 Å². The van der Waals surface area contributed by atoms with E-state index in [1.807, 2.05) is 33.8 Å². The molecule has 4 aliphatic heterocycles. The summed E-state index contributed by atoms with van der Waals surface area (Å²) in [7, 11) is 2.50. The number of benzene rings is 2. The van der Waals surface area contributed by atoms with E-state index in [-0.39, 0.29) is 64.9 Å². The van der Waals surface area contributed by atoms with E-state index >= 15 is 8.78 Å². The molecule has 4 aromatic rings. The van der Waals surface area contributed by atoms with E-state index < -0.39 is 41.9 Å². The first-order valence-corrected chi connectivity index (χ1v) is 20.5. The van der Waals surface area contributed by atoms with Gasteiger partial charge in [0.15, 0.2) is 12.5 Å². The molecular formula is C43H49F2N9O7. The van der Waals surface area contributed by atoms with Gasteiger partial charge in [0.25, 0.3) is 0 Å². The highest BCUT2D eigenvalue weighted by Crippen LogP contribution is 2.45. The van der Waals surface area contributed by atoms with Crippen LogP contribution >= 0.6 is 0 Å². The minimum absolute atomic E-state index is 0.00879. The molecule has 2 fully saturated rings. The van der Waals surface area contributed by atoms with E-state index in [9.17, 15) is 19.2 Å². The fourth-order valence-corrected chi connectivity index (χ4v) is 8.82. The monoisotopic (exact) mass is 841 g/mol. The SMILES string of the molecule is COC(=O)N[C@H](C(=O)N1CCCC1C1=NC(c2ccc3c(c2)c(F)c2n3COc3cc(-c4cnc(C5CCCN5C(=O)[C@@H](NC(=O)OC)C(C)C)[nH]4)cc(F)c3-2)C=N1)C(C)C. The summed E-state index contributed by atoms with van der Waals surface area (Å²) in [4.78, 5) is 71.9. The topological polar surface area (TPSA) is 185 Å². The molecule has 8 rings (SSSR count). The summed E-state index contributed by atoms with van der Waals surface area (Å²) in [6, 6.07) is 5.36. The van der Waals surface area contributed by atoms with Crippen molar-refractivity contribution in [3.63, 3.8) is 0 Å². The number of alkyl carbamates (subject to hydrolysis) is 2. The van der Waals surface area contributed by atoms with Crippen molar-refractivity contribution >= 4 is 47.0 Å². The Hall–Kier alpha value is -6.33. The highest BCUT2D eigenvalue weighted by atomic mass is 19.1. The average molecular weight is 842 g/mol. The molecule has 322 valence electrons. The molecule has 4 amide bonds. The molecule has 0 spiro atoms. The van der Waals surface area contributed by atoms with Crippen LogP contribution in [0.3, 0.4) is 0 Å². The number of nitrogens with one attached hydrogen (secondary N) is 3. The molecule has 18 heteroatoms. The number of likely N-dealkylation sites (tertiary alicyclic amines) is 2. The van der Waals surface area contributed by atoms with Crippen molar-refractivity contribution in [3.05, 3.63) is 59.6 Å². The summed E-state index contributed by atoms with van der Waals surface area (Å²) in [5, 5.41) is 5.56. The van der Waals surface area contributed by atoms with Crippen LogP contribution in [0.5, 0.6) is 5.75 Å². The summed E-state index contributed by atoms with van der Waals surface area (Å²) in [6.07, 6.45) is 4.65. The smallest absolute Gasteiger partial charge is 0.407 e. The molecule has 2 saturated heterocycles. The zero-order chi connectivity index (χ0) is 43.3. The molecule has 2 aromatic heterocycles. The normalized spacial score (nSPS) is 20.4. The van der Waals surface area contributed by atoms with E-state index in [1.54, 1.807) is 45.0 Å². The molecule has 0 bridgehead atoms. The van der Waals surface area contributed by atoms with Gasteiger partial charge in [-0.15, -0.1) is 0 Å². The Kier molecular flexibility index (Phi) is 11.3. The van der Waals surface area contributed by atoms with E-state index in [0.717, 1.165) is 12.8 Å². The van der Waals surface area contributed by atoms with Gasteiger partial charge in [-0.25, -0.2) is 28.3 Å². The zero-order valence-corrected chi connectivity index (χ0v) is 34.8. The molecule has 5 atom stereocenters. The van der Waals surface area contributed by atoms with Gasteiger partial charge in [-0.1, -0.05) is 33.8 Å². The molecule has 6 heterocycles. The van der Waals surface area contributed by atoms with Gasteiger partial charge < -0.3 is 44.2 Å². The Bertz CT molecular complexity index is 2460. The summed E-state index contributed by atoms with van der Waals surface area (Å²) in [6.45, 7) is 8.30. The van der Waals surface area contributed by atoms with Crippen LogP contribution in [0.25, 0.3) is 33.4 Å². The second-order valence-corrected chi connectivity index (χ2v) is 16.5. The maximum Gasteiger partial charge on any atom is 0.407 e. The predicted molar refractivity (Wildman–Crippen MR) is 221 cm³/mol. The summed E-state index contributed by atoms with van der Waals surface area (Å²) in [5.41, 5.74) is 2.17. The lowest BCUT2D eigenvalue weighted by molar-refractivity contribution is -0.135. The molecule has 16 nitrogen and oxygen atoms in total. The van der Waals surface area contributed by atoms with Crippen LogP contribution in [0.4, 0.5) is 18.4 Å². The Morgan fingerprint density at radius 3 is 2.16 bits per heavy atom. The lowest BCUT2D eigenvalue weighted by atomic mass is 10.0. The van der Waals surface area contributed by atoms with Crippen molar-refractivity contribution in [1.29, 1.82) is 0 Å². The highest BCUT2D eigenvalue weighted by Gasteiger charge is 2.40. The number of ether oxygens (including phenoxy) is 3. The lowest BCUT2D eigenvalue weighted by Gasteiger charge is -2.30. The van der Waals surface area contributed by atoms with Crippen molar-refractivity contribution in [2.75, 3.05) is 27.3 Å². The maximum atomic E-state index is 16.6. The van der Waals surface area contributed by atoms with E-state index in [1.165, 1.54) is 20.3 Å². The van der Waals surface area contributed by atoms with E-state index in [2.05, 4.69) is 25.6 Å². The Labute approximate surface area is 350 Å². The van der Waals surface area contributed by atoms with Gasteiger partial charge in [0, 0.05) is 30.3 Å². The molecule has 0 saturated carbocycles. The fraction of sp³-hybridized carbons (Fsp3) is 0.465. The van der Waals surface area contributed by atoms with Crippen molar-refractivity contribution in [3.8, 4) is 28.3 Å². The third-order valence-electron chi connectivity index (χ3n) is 12.0. The number of nitrogens with zero attached hydrogens (tertiary/aromatic N) is 6. The largest absolute Gasteiger partial charge is 0.472 e. The van der Waals surface area contributed by atoms with Crippen molar-refractivity contribution < 1.29 is 42.2 Å². The fourth-order valence-electron chi connectivity index (χ4n) is 8.82. The predicted octanol–water partition coefficient (Wildman–Crippen LogP) is 6.27. The van der Waals surface area contributed by atoms with E-state index in [4.69, 9.17) is 19.2 Å². The van der Waals surface area contributed by atoms with Crippen LogP contribution in [0.15, 0.2) is 46.5 Å². The Morgan fingerprint density at radius 2 is 1.52 bits per heavy atom. The average Bonchev–Trinajstić information content (AvgIpc) is 4.11. The number of methoxy groups -OCH3 is 2. The lowest BCUT2D eigenvalue weighted by Crippen LogP contribution is -2.53. The second-order valence-electron chi connectivity index (χ2n) is 16.5. The number of H-pyrrole nitrogens is 1. The molecule has 2 aromatic carbocycles. The molecule has 4 aliphatic rings. The number of imidazole rings is 1. The number of carbonyl (C=O) groups excluding carboxylic acids is 4. The molecule has 0 aliphatic carbocycles. The number of fused-ring (bicyclic) bond motifs is 5. The third kappa shape index (κ3) is 7.56. The van der Waals surface area contributed by atoms with Crippen LogP contribution in [-0.4, -0.2) is 106 Å². The van der Waals surface area contributed by atoms with Crippen LogP contribution in [0.1, 0.15) is 76.8 Å². The van der Waals surface area contributed by atoms with Crippen LogP contribution in [0, 0.1) is 23.5 Å². The van der Waals surface area contributed by atoms with Crippen molar-refractivity contribution in [2.24, 2.45) is 21.8 Å². The van der Waals surface area contributed by atoms with Gasteiger partial charge in [-0.05, 0) is 67.3 Å². The van der Waals surface area contributed by atoms with Crippen LogP contribution in [0.2, 0.25) is 0 Å². The number of halogens is 2. The summed E-state index contributed by atoms with van der Waals surface area (Å²) >= 11 is 0. The third-order valence-corrected chi connectivity index (χ3v) is 12.0. The standard InChI is InChI=1S/C43H49F2N9O7/c1-21(2)35(50-42(57)59-5)40(55)52-13-7-9-30(52)38-46-18-27(48-38)23-11-12-29-25(15-23)34(45)37-33-26(44)16-24(17-32(33)61-20-54(29)37)28-19-47-39(49-28)31-10-8-14-53(31)41(56)36(22(3)4)51-43(58)60-6/h11-12,15-19,21-22,27,30-31,35-36H,7-10,13-14,20H2,1-6H3,(H,47,49)(H,50,57)(H,51,58)/t27?,30?,31?,35-,36-/m0/s1. The van der Waals surface area contributed by atoms with Crippen molar-refractivity contribution in [2.45, 2.75) is 90.3 Å². The van der Waals surface area contributed by atoms with Gasteiger partial charge in [-0.2, -0.15) is 0 Å². The van der Waals surface area contributed by atoms with Crippen LogP contribution in [-0.2, 0) is 25.8 Å². The second kappa shape index (κ2) is 16.6. The number of amidine groups is 1. The first-order chi connectivity index (χ1) is 29.3. The van der Waals surface area contributed by atoms with Gasteiger partial charge in [0.05, 0.1) is 55.0 Å². The number of hydrogen-bond donors (Lipinski definition) is 3. The molecule has 3 unspecified atom stereocenters. The van der Waals surface area contributed by atoms with Crippen molar-refractivity contribution in [1.82, 2.24) is 35.0 Å². The number of aromatic amines is 1. The Morgan fingerprint density at radius 1 is 0.885 bits per heavy atom. The number of rotatable bonds is 10. The summed E-state index contributed by atoms with van der Waals surface area (Å²) in [5.74, 6) is -0.971. The summed E-state index contributed by atoms with van der Waals surface area (Å²) < 4.78 is 50.0. The minimum Gasteiger partial charge on any atom is -0.472 e. The van der Waals surface area contributed by atoms with Gasteiger partial charge in [0.2, 0.25) is 11.8 Å². The number of carbonyl (C=O) groups is 4. The molecular weight excluding hydrogens is 793 g/mol. The quantitative estimate of drug-likeness (QED) is 0.167. The maximum absolute atomic E-state index is 16.6. The van der Waals surface area contributed by atoms with Gasteiger partial charge in [-0.3, -0.25) is 14.6 Å². The van der Waals surface area contributed by atoms with Crippen LogP contribution < -0.4 is 15.4 Å². The van der Waals surface area contributed by atoms with Gasteiger partial charge >= 0.3 is 12.2 Å². The first-order valence-electron chi connectivity index (χ1n) is 20.5. The number of aliphatic imine (C=N–C) groups is 2. The van der Waals surface area contributed by atoms with E-state index in [0.29, 0.717) is 59.9 Å². The molecule has 61 heavy (non-hydrogen) atoms. The minimum atomic E-state index is -0.788. The zero-order valence-electron chi connectivity index (χ0n) is 34.8. The molecule has 3 N–H and O–H groups in total. The number of hydrogen-bond acceptors (Lipinski definition) is 10. The molecule has 0 radical (unpaired) electrons. The number of aromatic nitrogens is 3. The number of amides is 4. The highest BCUT2D eigenvalue weighted by molar-refractivity contribution is 6.02. The Balaban J connectivity index is 1.02. The first kappa shape index (κ1) is 41.4.